The fourth-order valence-corrected chi connectivity index (χ4v) is 1.49. The first-order valence-corrected chi connectivity index (χ1v) is 5.14. The molecule has 0 aliphatic rings. The van der Waals surface area contributed by atoms with E-state index in [1.165, 1.54) is 0 Å². The quantitative estimate of drug-likeness (QED) is 0.664. The third kappa shape index (κ3) is 4.37. The van der Waals surface area contributed by atoms with Gasteiger partial charge < -0.3 is 10.5 Å². The van der Waals surface area contributed by atoms with Crippen LogP contribution in [0.25, 0.3) is 0 Å². The lowest BCUT2D eigenvalue weighted by Gasteiger charge is -2.15. The summed E-state index contributed by atoms with van der Waals surface area (Å²) in [7, 11) is 0. The fraction of sp³-hybridized carbons (Fsp3) is 0.333. The van der Waals surface area contributed by atoms with Crippen LogP contribution in [0, 0.1) is 5.82 Å². The van der Waals surface area contributed by atoms with Crippen LogP contribution >= 0.6 is 0 Å². The van der Waals surface area contributed by atoms with Crippen molar-refractivity contribution in [3.63, 3.8) is 0 Å². The van der Waals surface area contributed by atoms with E-state index in [2.05, 4.69) is 11.3 Å². The second kappa shape index (κ2) is 5.39. The first-order chi connectivity index (χ1) is 8.19. The summed E-state index contributed by atoms with van der Waals surface area (Å²) >= 11 is 0. The fourth-order valence-electron chi connectivity index (χ4n) is 1.49. The maximum atomic E-state index is 13.5. The average Bonchev–Trinajstić information content (AvgIpc) is 2.17. The van der Waals surface area contributed by atoms with Crippen LogP contribution in [0.1, 0.15) is 24.9 Å². The zero-order valence-electron chi connectivity index (χ0n) is 9.72. The van der Waals surface area contributed by atoms with E-state index in [0.29, 0.717) is 5.57 Å². The molecule has 0 spiro atoms. The highest BCUT2D eigenvalue weighted by Gasteiger charge is 2.31. The molecular formula is C12H13F4NO. The molecule has 0 aliphatic carbocycles. The number of nitrogens with two attached hydrogens (primary N) is 1. The maximum absolute atomic E-state index is 13.5. The SMILES string of the molecule is C=C(C)C[C@H](N)c1cc(OC(F)(F)F)ccc1F. The molecule has 2 nitrogen and oxygen atoms in total. The monoisotopic (exact) mass is 263 g/mol. The Morgan fingerprint density at radius 2 is 2.06 bits per heavy atom. The minimum Gasteiger partial charge on any atom is -0.406 e. The van der Waals surface area contributed by atoms with E-state index in [-0.39, 0.29) is 12.0 Å². The molecule has 0 saturated carbocycles. The van der Waals surface area contributed by atoms with Gasteiger partial charge in [-0.2, -0.15) is 0 Å². The standard InChI is InChI=1S/C12H13F4NO/c1-7(2)5-11(17)9-6-8(3-4-10(9)13)18-12(14,15)16/h3-4,6,11H,1,5,17H2,2H3/t11-/m0/s1. The predicted octanol–water partition coefficient (Wildman–Crippen LogP) is 3.69. The summed E-state index contributed by atoms with van der Waals surface area (Å²) in [5.74, 6) is -1.16. The second-order valence-electron chi connectivity index (χ2n) is 4.00. The van der Waals surface area contributed by atoms with Crippen molar-refractivity contribution in [1.29, 1.82) is 0 Å². The van der Waals surface area contributed by atoms with Gasteiger partial charge in [-0.3, -0.25) is 0 Å². The molecule has 0 radical (unpaired) electrons. The molecule has 6 heteroatoms. The van der Waals surface area contributed by atoms with E-state index < -0.39 is 24.0 Å². The molecule has 0 aromatic heterocycles. The van der Waals surface area contributed by atoms with Crippen LogP contribution < -0.4 is 10.5 Å². The smallest absolute Gasteiger partial charge is 0.406 e. The van der Waals surface area contributed by atoms with Crippen LogP contribution in [0.2, 0.25) is 0 Å². The molecule has 0 unspecified atom stereocenters. The first kappa shape index (κ1) is 14.5. The summed E-state index contributed by atoms with van der Waals surface area (Å²) in [6, 6.07) is 2.00. The third-order valence-electron chi connectivity index (χ3n) is 2.17. The highest BCUT2D eigenvalue weighted by atomic mass is 19.4. The van der Waals surface area contributed by atoms with Crippen LogP contribution in [0.3, 0.4) is 0 Å². The van der Waals surface area contributed by atoms with E-state index in [4.69, 9.17) is 5.73 Å². The Labute approximate surface area is 102 Å². The van der Waals surface area contributed by atoms with Crippen molar-refractivity contribution in [1.82, 2.24) is 0 Å². The molecule has 100 valence electrons. The van der Waals surface area contributed by atoms with Gasteiger partial charge in [-0.15, -0.1) is 19.8 Å². The molecule has 1 aromatic carbocycles. The minimum atomic E-state index is -4.81. The largest absolute Gasteiger partial charge is 0.573 e. The molecule has 0 saturated heterocycles. The molecule has 0 aliphatic heterocycles. The van der Waals surface area contributed by atoms with Crippen LogP contribution in [-0.2, 0) is 0 Å². The summed E-state index contributed by atoms with van der Waals surface area (Å²) in [6.45, 7) is 5.32. The maximum Gasteiger partial charge on any atom is 0.573 e. The number of halogens is 4. The lowest BCUT2D eigenvalue weighted by atomic mass is 10.0. The van der Waals surface area contributed by atoms with Crippen molar-refractivity contribution in [3.8, 4) is 5.75 Å². The highest BCUT2D eigenvalue weighted by Crippen LogP contribution is 2.28. The Balaban J connectivity index is 2.97. The molecule has 2 N–H and O–H groups in total. The Bertz CT molecular complexity index is 442. The van der Waals surface area contributed by atoms with E-state index in [0.717, 1.165) is 18.2 Å². The summed E-state index contributed by atoms with van der Waals surface area (Å²) in [5.41, 5.74) is 6.38. The van der Waals surface area contributed by atoms with Crippen LogP contribution in [0.5, 0.6) is 5.75 Å². The lowest BCUT2D eigenvalue weighted by Crippen LogP contribution is -2.18. The van der Waals surface area contributed by atoms with Gasteiger partial charge >= 0.3 is 6.36 Å². The van der Waals surface area contributed by atoms with Crippen LogP contribution in [0.15, 0.2) is 30.4 Å². The zero-order valence-corrected chi connectivity index (χ0v) is 9.72. The number of ether oxygens (including phenoxy) is 1. The van der Waals surface area contributed by atoms with Crippen molar-refractivity contribution in [2.45, 2.75) is 25.7 Å². The second-order valence-corrected chi connectivity index (χ2v) is 4.00. The van der Waals surface area contributed by atoms with Gasteiger partial charge in [0.1, 0.15) is 11.6 Å². The lowest BCUT2D eigenvalue weighted by molar-refractivity contribution is -0.274. The van der Waals surface area contributed by atoms with Crippen molar-refractivity contribution in [2.24, 2.45) is 5.73 Å². The number of benzene rings is 1. The van der Waals surface area contributed by atoms with Gasteiger partial charge in [0.15, 0.2) is 0 Å². The van der Waals surface area contributed by atoms with Crippen molar-refractivity contribution in [2.75, 3.05) is 0 Å². The summed E-state index contributed by atoms with van der Waals surface area (Å²) in [6.07, 6.45) is -4.53. The molecular weight excluding hydrogens is 250 g/mol. The van der Waals surface area contributed by atoms with Gasteiger partial charge in [0, 0.05) is 11.6 Å². The minimum absolute atomic E-state index is 0.0280. The van der Waals surface area contributed by atoms with E-state index in [1.54, 1.807) is 6.92 Å². The number of hydrogen-bond acceptors (Lipinski definition) is 2. The number of rotatable bonds is 4. The number of hydrogen-bond donors (Lipinski definition) is 1. The highest BCUT2D eigenvalue weighted by molar-refractivity contribution is 5.32. The van der Waals surface area contributed by atoms with Gasteiger partial charge in [0.05, 0.1) is 0 Å². The Morgan fingerprint density at radius 1 is 1.44 bits per heavy atom. The average molecular weight is 263 g/mol. The molecule has 0 amide bonds. The number of alkyl halides is 3. The summed E-state index contributed by atoms with van der Waals surface area (Å²) < 4.78 is 53.2. The van der Waals surface area contributed by atoms with Crippen LogP contribution in [-0.4, -0.2) is 6.36 Å². The van der Waals surface area contributed by atoms with Crippen LogP contribution in [0.4, 0.5) is 17.6 Å². The van der Waals surface area contributed by atoms with Gasteiger partial charge in [0.2, 0.25) is 0 Å². The molecule has 1 rings (SSSR count). The normalized spacial score (nSPS) is 13.2. The van der Waals surface area contributed by atoms with Gasteiger partial charge in [-0.05, 0) is 31.5 Å². The third-order valence-corrected chi connectivity index (χ3v) is 2.17. The summed E-state index contributed by atoms with van der Waals surface area (Å²) in [5, 5.41) is 0. The molecule has 1 aromatic rings. The van der Waals surface area contributed by atoms with Crippen molar-refractivity contribution < 1.29 is 22.3 Å². The van der Waals surface area contributed by atoms with E-state index >= 15 is 0 Å². The van der Waals surface area contributed by atoms with Crippen molar-refractivity contribution >= 4 is 0 Å². The van der Waals surface area contributed by atoms with Gasteiger partial charge in [-0.25, -0.2) is 4.39 Å². The Hall–Kier alpha value is -1.56. The van der Waals surface area contributed by atoms with E-state index in [1.807, 2.05) is 0 Å². The van der Waals surface area contributed by atoms with Crippen molar-refractivity contribution in [3.05, 3.63) is 41.7 Å². The van der Waals surface area contributed by atoms with Gasteiger partial charge in [0.25, 0.3) is 0 Å². The molecule has 0 fully saturated rings. The molecule has 1 atom stereocenters. The Morgan fingerprint density at radius 3 is 2.56 bits per heavy atom. The zero-order chi connectivity index (χ0) is 13.9. The first-order valence-electron chi connectivity index (χ1n) is 5.14. The predicted molar refractivity (Wildman–Crippen MR) is 59.4 cm³/mol. The summed E-state index contributed by atoms with van der Waals surface area (Å²) in [4.78, 5) is 0. The molecule has 18 heavy (non-hydrogen) atoms. The Kier molecular flexibility index (Phi) is 4.34. The van der Waals surface area contributed by atoms with Gasteiger partial charge in [-0.1, -0.05) is 5.57 Å². The van der Waals surface area contributed by atoms with E-state index in [9.17, 15) is 17.6 Å². The molecule has 0 bridgehead atoms. The topological polar surface area (TPSA) is 35.2 Å². The molecule has 0 heterocycles.